The van der Waals surface area contributed by atoms with Crippen LogP contribution >= 0.6 is 11.3 Å². The van der Waals surface area contributed by atoms with Gasteiger partial charge in [-0.05, 0) is 69.7 Å². The van der Waals surface area contributed by atoms with Crippen molar-refractivity contribution >= 4 is 29.2 Å². The Morgan fingerprint density at radius 1 is 1.14 bits per heavy atom. The maximum absolute atomic E-state index is 14.1. The van der Waals surface area contributed by atoms with Crippen LogP contribution in [0, 0.1) is 18.3 Å². The Balaban J connectivity index is 1.19. The summed E-state index contributed by atoms with van der Waals surface area (Å²) in [7, 11) is 0. The number of hydrogen-bond donors (Lipinski definition) is 2. The highest BCUT2D eigenvalue weighted by molar-refractivity contribution is 7.13. The highest BCUT2D eigenvalue weighted by atomic mass is 32.1. The highest BCUT2D eigenvalue weighted by Crippen LogP contribution is 2.35. The first-order chi connectivity index (χ1) is 23.5. The van der Waals surface area contributed by atoms with Gasteiger partial charge in [0.1, 0.15) is 17.6 Å². The number of aliphatic hydroxyl groups is 1. The van der Waals surface area contributed by atoms with Crippen LogP contribution in [-0.4, -0.2) is 86.9 Å². The molecule has 13 heteroatoms. The summed E-state index contributed by atoms with van der Waals surface area (Å²) in [6, 6.07) is 8.51. The van der Waals surface area contributed by atoms with Gasteiger partial charge in [0.15, 0.2) is 5.76 Å². The standard InChI is InChI=1S/C37H51N5O7S/c1-22(2)31(29-18-30(40-49-29)47-20-37(8)13-15-41(16-14-37)35(46)48-36(5,6)7)34(45)42-19-27(43)17-28(42)33(44)39-23(3)25-9-11-26(12-10-25)32-24(4)38-21-50-32/h9-12,18,21-23,27-28,31,43H,13-17,19-20H2,1-8H3,(H,39,44)/t23-,27+,28-,31?/m0/s1. The summed E-state index contributed by atoms with van der Waals surface area (Å²) in [4.78, 5) is 48.8. The predicted molar refractivity (Wildman–Crippen MR) is 190 cm³/mol. The van der Waals surface area contributed by atoms with Crippen molar-refractivity contribution in [1.82, 2.24) is 25.3 Å². The van der Waals surface area contributed by atoms with Gasteiger partial charge in [0, 0.05) is 37.5 Å². The van der Waals surface area contributed by atoms with Gasteiger partial charge in [-0.25, -0.2) is 9.78 Å². The minimum atomic E-state index is -0.828. The van der Waals surface area contributed by atoms with Crippen LogP contribution in [-0.2, 0) is 14.3 Å². The summed E-state index contributed by atoms with van der Waals surface area (Å²) in [6.45, 7) is 16.9. The number of piperidine rings is 1. The van der Waals surface area contributed by atoms with Gasteiger partial charge in [0.05, 0.1) is 34.8 Å². The second-order valence-corrected chi connectivity index (χ2v) is 16.2. The quantitative estimate of drug-likeness (QED) is 0.255. The molecule has 4 heterocycles. The number of rotatable bonds is 10. The Kier molecular flexibility index (Phi) is 11.3. The van der Waals surface area contributed by atoms with E-state index in [9.17, 15) is 19.5 Å². The first-order valence-corrected chi connectivity index (χ1v) is 18.3. The monoisotopic (exact) mass is 709 g/mol. The molecule has 0 radical (unpaired) electrons. The minimum Gasteiger partial charge on any atom is -0.475 e. The lowest BCUT2D eigenvalue weighted by atomic mass is 9.81. The number of nitrogens with one attached hydrogen (secondary N) is 1. The van der Waals surface area contributed by atoms with Gasteiger partial charge in [0.2, 0.25) is 11.8 Å². The Bertz CT molecular complexity index is 1640. The largest absolute Gasteiger partial charge is 0.475 e. The van der Waals surface area contributed by atoms with E-state index in [1.54, 1.807) is 22.3 Å². The van der Waals surface area contributed by atoms with Crippen molar-refractivity contribution in [1.29, 1.82) is 0 Å². The van der Waals surface area contributed by atoms with Crippen LogP contribution in [0.5, 0.6) is 5.88 Å². The lowest BCUT2D eigenvalue weighted by Gasteiger charge is -2.39. The average molecular weight is 710 g/mol. The number of β-amino-alcohol motifs (C(OH)–C–C–N with tert-alkyl or cyclic N) is 1. The van der Waals surface area contributed by atoms with Gasteiger partial charge in [-0.3, -0.25) is 9.59 Å². The molecule has 1 aromatic carbocycles. The summed E-state index contributed by atoms with van der Waals surface area (Å²) >= 11 is 1.59. The van der Waals surface area contributed by atoms with Crippen LogP contribution < -0.4 is 10.1 Å². The number of ether oxygens (including phenoxy) is 2. The zero-order chi connectivity index (χ0) is 36.4. The highest BCUT2D eigenvalue weighted by Gasteiger charge is 2.44. The van der Waals surface area contributed by atoms with E-state index in [4.69, 9.17) is 14.0 Å². The lowest BCUT2D eigenvalue weighted by Crippen LogP contribution is -2.48. The normalized spacial score (nSPS) is 20.4. The van der Waals surface area contributed by atoms with E-state index < -0.39 is 23.7 Å². The number of hydrogen-bond acceptors (Lipinski definition) is 10. The van der Waals surface area contributed by atoms with Crippen molar-refractivity contribution in [2.75, 3.05) is 26.2 Å². The van der Waals surface area contributed by atoms with Crippen molar-refractivity contribution in [3.8, 4) is 16.3 Å². The molecule has 2 aliphatic heterocycles. The Morgan fingerprint density at radius 2 is 1.82 bits per heavy atom. The van der Waals surface area contributed by atoms with Gasteiger partial charge in [-0.1, -0.05) is 45.0 Å². The second kappa shape index (κ2) is 15.1. The summed E-state index contributed by atoms with van der Waals surface area (Å²) in [6.07, 6.45) is 0.491. The van der Waals surface area contributed by atoms with Crippen LogP contribution in [0.3, 0.4) is 0 Å². The van der Waals surface area contributed by atoms with Crippen LogP contribution in [0.2, 0.25) is 0 Å². The first-order valence-electron chi connectivity index (χ1n) is 17.4. The van der Waals surface area contributed by atoms with Gasteiger partial charge in [-0.2, -0.15) is 0 Å². The molecule has 2 saturated heterocycles. The van der Waals surface area contributed by atoms with E-state index >= 15 is 0 Å². The number of thiazole rings is 1. The molecule has 5 rings (SSSR count). The molecule has 0 spiro atoms. The number of benzene rings is 1. The SMILES string of the molecule is Cc1ncsc1-c1ccc([C@H](C)NC(=O)[C@@H]2C[C@@H](O)CN2C(=O)C(c2cc(OCC3(C)CCN(C(=O)OC(C)(C)C)CC3)no2)C(C)C)cc1. The van der Waals surface area contributed by atoms with Crippen molar-refractivity contribution in [2.24, 2.45) is 11.3 Å². The van der Waals surface area contributed by atoms with Crippen molar-refractivity contribution in [3.05, 3.63) is 52.9 Å². The molecular weight excluding hydrogens is 659 g/mol. The van der Waals surface area contributed by atoms with Crippen LogP contribution in [0.4, 0.5) is 4.79 Å². The van der Waals surface area contributed by atoms with Crippen molar-refractivity contribution in [2.45, 2.75) is 104 Å². The van der Waals surface area contributed by atoms with E-state index in [2.05, 4.69) is 22.4 Å². The van der Waals surface area contributed by atoms with E-state index in [0.29, 0.717) is 25.5 Å². The fourth-order valence-electron chi connectivity index (χ4n) is 6.55. The number of likely N-dealkylation sites (tertiary alicyclic amines) is 2. The lowest BCUT2D eigenvalue weighted by molar-refractivity contribution is -0.141. The number of carbonyl (C=O) groups is 3. The molecule has 2 aliphatic rings. The van der Waals surface area contributed by atoms with Gasteiger partial charge in [0.25, 0.3) is 5.88 Å². The molecule has 272 valence electrons. The van der Waals surface area contributed by atoms with E-state index in [-0.39, 0.29) is 54.1 Å². The smallest absolute Gasteiger partial charge is 0.410 e. The number of aryl methyl sites for hydroxylation is 1. The summed E-state index contributed by atoms with van der Waals surface area (Å²) in [5, 5.41) is 17.8. The number of aliphatic hydroxyl groups excluding tert-OH is 1. The van der Waals surface area contributed by atoms with E-state index in [1.165, 1.54) is 4.90 Å². The average Bonchev–Trinajstić information content (AvgIpc) is 3.79. The Hall–Kier alpha value is -3.97. The molecule has 50 heavy (non-hydrogen) atoms. The maximum atomic E-state index is 14.1. The van der Waals surface area contributed by atoms with E-state index in [0.717, 1.165) is 34.5 Å². The van der Waals surface area contributed by atoms with E-state index in [1.807, 2.05) is 78.2 Å². The van der Waals surface area contributed by atoms with Crippen molar-refractivity contribution < 1.29 is 33.5 Å². The first kappa shape index (κ1) is 37.3. The third-order valence-electron chi connectivity index (χ3n) is 9.58. The zero-order valence-corrected chi connectivity index (χ0v) is 31.2. The predicted octanol–water partition coefficient (Wildman–Crippen LogP) is 6.10. The molecule has 3 amide bonds. The number of carbonyl (C=O) groups excluding carboxylic acids is 3. The fraction of sp³-hybridized carbons (Fsp3) is 0.595. The molecule has 0 aliphatic carbocycles. The van der Waals surface area contributed by atoms with Crippen LogP contribution in [0.25, 0.3) is 10.4 Å². The summed E-state index contributed by atoms with van der Waals surface area (Å²) in [5.74, 6) is -0.921. The summed E-state index contributed by atoms with van der Waals surface area (Å²) in [5.41, 5.74) is 4.07. The van der Waals surface area contributed by atoms with Gasteiger partial charge in [-0.15, -0.1) is 11.3 Å². The maximum Gasteiger partial charge on any atom is 0.410 e. The molecule has 2 aromatic heterocycles. The zero-order valence-electron chi connectivity index (χ0n) is 30.4. The van der Waals surface area contributed by atoms with Gasteiger partial charge >= 0.3 is 6.09 Å². The third-order valence-corrected chi connectivity index (χ3v) is 10.6. The molecule has 2 fully saturated rings. The van der Waals surface area contributed by atoms with Crippen molar-refractivity contribution in [3.63, 3.8) is 0 Å². The molecule has 0 bridgehead atoms. The van der Waals surface area contributed by atoms with Crippen LogP contribution in [0.1, 0.15) is 96.7 Å². The van der Waals surface area contributed by atoms with Gasteiger partial charge < -0.3 is 34.2 Å². The summed E-state index contributed by atoms with van der Waals surface area (Å²) < 4.78 is 17.3. The minimum absolute atomic E-state index is 0.0492. The Morgan fingerprint density at radius 3 is 2.42 bits per heavy atom. The fourth-order valence-corrected chi connectivity index (χ4v) is 7.36. The molecule has 12 nitrogen and oxygen atoms in total. The molecule has 0 saturated carbocycles. The van der Waals surface area contributed by atoms with Crippen LogP contribution in [0.15, 0.2) is 40.4 Å². The number of aromatic nitrogens is 2. The second-order valence-electron chi connectivity index (χ2n) is 15.4. The molecular formula is C37H51N5O7S. The molecule has 3 aromatic rings. The topological polar surface area (TPSA) is 147 Å². The third kappa shape index (κ3) is 8.84. The molecule has 1 unspecified atom stereocenters. The number of nitrogens with zero attached hydrogens (tertiary/aromatic N) is 4. The number of amides is 3. The Labute approximate surface area is 298 Å². The molecule has 2 N–H and O–H groups in total. The molecule has 4 atom stereocenters.